The van der Waals surface area contributed by atoms with Gasteiger partial charge in [0.1, 0.15) is 0 Å². The van der Waals surface area contributed by atoms with Crippen LogP contribution in [0, 0.1) is 5.92 Å². The molecule has 0 aromatic carbocycles. The van der Waals surface area contributed by atoms with E-state index in [-0.39, 0.29) is 18.0 Å². The zero-order chi connectivity index (χ0) is 19.0. The molecule has 1 unspecified atom stereocenters. The van der Waals surface area contributed by atoms with Crippen molar-refractivity contribution in [1.29, 1.82) is 0 Å². The first-order valence-corrected chi connectivity index (χ1v) is 9.30. The van der Waals surface area contributed by atoms with E-state index >= 15 is 0 Å². The van der Waals surface area contributed by atoms with Crippen molar-refractivity contribution in [1.82, 2.24) is 25.8 Å². The molecule has 1 aliphatic heterocycles. The Morgan fingerprint density at radius 2 is 1.72 bits per heavy atom. The number of aliphatic imine (C=N–C) groups is 1. The third-order valence-electron chi connectivity index (χ3n) is 4.41. The van der Waals surface area contributed by atoms with E-state index in [4.69, 9.17) is 0 Å². The molecule has 146 valence electrons. The van der Waals surface area contributed by atoms with Crippen LogP contribution in [0.15, 0.2) is 4.99 Å². The number of carbonyl (C=O) groups excluding carboxylic acids is 1. The molecular formula is C18H38N6O. The standard InChI is InChI=1S/C18H38N6O/c1-14(2)15(24-10-8-23(7)9-11-24)12-20-17(19-6)21-13-16(25)22-18(3,4)5/h14-15H,8-13H2,1-7H3,(H,22,25)(H2,19,20,21). The quantitative estimate of drug-likeness (QED) is 0.474. The Balaban J connectivity index is 2.46. The molecule has 25 heavy (non-hydrogen) atoms. The summed E-state index contributed by atoms with van der Waals surface area (Å²) in [5.74, 6) is 1.19. The maximum Gasteiger partial charge on any atom is 0.239 e. The molecule has 0 aromatic heterocycles. The van der Waals surface area contributed by atoms with Crippen molar-refractivity contribution < 1.29 is 4.79 Å². The predicted molar refractivity (Wildman–Crippen MR) is 105 cm³/mol. The Labute approximate surface area is 153 Å². The normalized spacial score (nSPS) is 19.0. The van der Waals surface area contributed by atoms with Crippen molar-refractivity contribution in [3.8, 4) is 0 Å². The van der Waals surface area contributed by atoms with Crippen LogP contribution in [0.25, 0.3) is 0 Å². The lowest BCUT2D eigenvalue weighted by atomic mass is 10.0. The van der Waals surface area contributed by atoms with Gasteiger partial charge in [-0.1, -0.05) is 13.8 Å². The molecule has 1 rings (SSSR count). The molecule has 1 aliphatic rings. The van der Waals surface area contributed by atoms with E-state index < -0.39 is 0 Å². The van der Waals surface area contributed by atoms with Crippen molar-refractivity contribution in [2.45, 2.75) is 46.2 Å². The number of nitrogens with one attached hydrogen (secondary N) is 3. The van der Waals surface area contributed by atoms with Gasteiger partial charge in [-0.15, -0.1) is 0 Å². The van der Waals surface area contributed by atoms with Crippen LogP contribution >= 0.6 is 0 Å². The van der Waals surface area contributed by atoms with Gasteiger partial charge in [0, 0.05) is 51.4 Å². The molecule has 1 heterocycles. The molecule has 7 heteroatoms. The maximum absolute atomic E-state index is 11.9. The smallest absolute Gasteiger partial charge is 0.239 e. The van der Waals surface area contributed by atoms with E-state index in [1.807, 2.05) is 20.8 Å². The highest BCUT2D eigenvalue weighted by Crippen LogP contribution is 2.12. The van der Waals surface area contributed by atoms with Crippen molar-refractivity contribution in [2.24, 2.45) is 10.9 Å². The molecule has 3 N–H and O–H groups in total. The monoisotopic (exact) mass is 354 g/mol. The zero-order valence-electron chi connectivity index (χ0n) is 17.1. The number of hydrogen-bond acceptors (Lipinski definition) is 4. The minimum absolute atomic E-state index is 0.0325. The zero-order valence-corrected chi connectivity index (χ0v) is 17.1. The Morgan fingerprint density at radius 1 is 1.12 bits per heavy atom. The summed E-state index contributed by atoms with van der Waals surface area (Å²) >= 11 is 0. The van der Waals surface area contributed by atoms with E-state index in [1.54, 1.807) is 7.05 Å². The summed E-state index contributed by atoms with van der Waals surface area (Å²) in [6.07, 6.45) is 0. The van der Waals surface area contributed by atoms with Gasteiger partial charge in [-0.2, -0.15) is 0 Å². The fourth-order valence-corrected chi connectivity index (χ4v) is 2.99. The molecule has 0 bridgehead atoms. The Kier molecular flexibility index (Phi) is 8.65. The van der Waals surface area contributed by atoms with Crippen molar-refractivity contribution >= 4 is 11.9 Å². The fourth-order valence-electron chi connectivity index (χ4n) is 2.99. The minimum Gasteiger partial charge on any atom is -0.355 e. The Morgan fingerprint density at radius 3 is 2.20 bits per heavy atom. The summed E-state index contributed by atoms with van der Waals surface area (Å²) in [7, 11) is 3.91. The molecule has 0 saturated carbocycles. The molecule has 1 fully saturated rings. The number of likely N-dealkylation sites (N-methyl/N-ethyl adjacent to an activating group) is 1. The van der Waals surface area contributed by atoms with Gasteiger partial charge >= 0.3 is 0 Å². The highest BCUT2D eigenvalue weighted by molar-refractivity contribution is 5.86. The van der Waals surface area contributed by atoms with Crippen molar-refractivity contribution in [3.63, 3.8) is 0 Å². The fraction of sp³-hybridized carbons (Fsp3) is 0.889. The summed E-state index contributed by atoms with van der Waals surface area (Å²) in [4.78, 5) is 21.1. The molecule has 0 spiro atoms. The van der Waals surface area contributed by atoms with Crippen LogP contribution in [0.5, 0.6) is 0 Å². The van der Waals surface area contributed by atoms with Gasteiger partial charge in [0.2, 0.25) is 5.91 Å². The highest BCUT2D eigenvalue weighted by Gasteiger charge is 2.25. The molecule has 0 radical (unpaired) electrons. The largest absolute Gasteiger partial charge is 0.355 e. The van der Waals surface area contributed by atoms with E-state index in [9.17, 15) is 4.79 Å². The lowest BCUT2D eigenvalue weighted by molar-refractivity contribution is -0.121. The number of rotatable bonds is 6. The molecule has 0 aromatic rings. The first kappa shape index (κ1) is 21.7. The van der Waals surface area contributed by atoms with Gasteiger partial charge in [0.15, 0.2) is 5.96 Å². The molecule has 0 aliphatic carbocycles. The third kappa shape index (κ3) is 8.54. The van der Waals surface area contributed by atoms with Gasteiger partial charge < -0.3 is 20.9 Å². The minimum atomic E-state index is -0.222. The summed E-state index contributed by atoms with van der Waals surface area (Å²) in [5.41, 5.74) is -0.222. The lowest BCUT2D eigenvalue weighted by Gasteiger charge is -2.40. The molecule has 1 saturated heterocycles. The number of guanidine groups is 1. The third-order valence-corrected chi connectivity index (χ3v) is 4.41. The van der Waals surface area contributed by atoms with E-state index in [2.05, 4.69) is 51.6 Å². The number of piperazine rings is 1. The van der Waals surface area contributed by atoms with Gasteiger partial charge in [-0.3, -0.25) is 14.7 Å². The molecule has 1 atom stereocenters. The summed E-state index contributed by atoms with van der Waals surface area (Å²) in [6.45, 7) is 15.9. The number of amides is 1. The molecular weight excluding hydrogens is 316 g/mol. The Hall–Kier alpha value is -1.34. The van der Waals surface area contributed by atoms with Gasteiger partial charge in [0.25, 0.3) is 0 Å². The van der Waals surface area contributed by atoms with Crippen molar-refractivity contribution in [2.75, 3.05) is 53.4 Å². The average Bonchev–Trinajstić information content (AvgIpc) is 2.50. The molecule has 7 nitrogen and oxygen atoms in total. The van der Waals surface area contributed by atoms with E-state index in [1.165, 1.54) is 0 Å². The van der Waals surface area contributed by atoms with Crippen LogP contribution in [0.1, 0.15) is 34.6 Å². The topological polar surface area (TPSA) is 72.0 Å². The predicted octanol–water partition coefficient (Wildman–Crippen LogP) is 0.338. The van der Waals surface area contributed by atoms with Crippen LogP contribution in [0.3, 0.4) is 0 Å². The summed E-state index contributed by atoms with van der Waals surface area (Å²) in [6, 6.07) is 0.454. The number of hydrogen-bond donors (Lipinski definition) is 3. The van der Waals surface area contributed by atoms with Gasteiger partial charge in [-0.05, 0) is 33.7 Å². The lowest BCUT2D eigenvalue weighted by Crippen LogP contribution is -2.55. The highest BCUT2D eigenvalue weighted by atomic mass is 16.2. The van der Waals surface area contributed by atoms with Crippen LogP contribution in [0.2, 0.25) is 0 Å². The number of carbonyl (C=O) groups is 1. The summed E-state index contributed by atoms with van der Waals surface area (Å²) in [5, 5.41) is 9.42. The van der Waals surface area contributed by atoms with Gasteiger partial charge in [-0.25, -0.2) is 0 Å². The number of nitrogens with zero attached hydrogens (tertiary/aromatic N) is 3. The second kappa shape index (κ2) is 9.97. The van der Waals surface area contributed by atoms with Crippen LogP contribution < -0.4 is 16.0 Å². The van der Waals surface area contributed by atoms with Crippen molar-refractivity contribution in [3.05, 3.63) is 0 Å². The first-order valence-electron chi connectivity index (χ1n) is 9.30. The van der Waals surface area contributed by atoms with Crippen LogP contribution in [-0.2, 0) is 4.79 Å². The average molecular weight is 355 g/mol. The first-order chi connectivity index (χ1) is 11.6. The SMILES string of the molecule is CN=C(NCC(=O)NC(C)(C)C)NCC(C(C)C)N1CCN(C)CC1. The van der Waals surface area contributed by atoms with E-state index in [0.29, 0.717) is 17.9 Å². The summed E-state index contributed by atoms with van der Waals surface area (Å²) < 4.78 is 0. The van der Waals surface area contributed by atoms with Gasteiger partial charge in [0.05, 0.1) is 6.54 Å². The Bertz CT molecular complexity index is 435. The second-order valence-corrected chi connectivity index (χ2v) is 8.26. The molecule has 1 amide bonds. The van der Waals surface area contributed by atoms with Crippen LogP contribution in [0.4, 0.5) is 0 Å². The maximum atomic E-state index is 11.9. The van der Waals surface area contributed by atoms with Crippen LogP contribution in [-0.4, -0.2) is 86.6 Å². The van der Waals surface area contributed by atoms with E-state index in [0.717, 1.165) is 32.7 Å². The second-order valence-electron chi connectivity index (χ2n) is 8.26.